The molecule has 7 fully saturated rings. The van der Waals surface area contributed by atoms with Crippen molar-refractivity contribution in [1.29, 1.82) is 0 Å². The number of aromatic nitrogens is 12. The Kier molecular flexibility index (Phi) is 36.8. The van der Waals surface area contributed by atoms with Crippen LogP contribution in [0.1, 0.15) is 253 Å². The molecule has 148 heavy (non-hydrogen) atoms. The van der Waals surface area contributed by atoms with Crippen LogP contribution in [0.4, 0.5) is 9.59 Å². The second-order valence-corrected chi connectivity index (χ2v) is 44.8. The van der Waals surface area contributed by atoms with Gasteiger partial charge >= 0.3 is 18.2 Å². The molecule has 20 atom stereocenters. The average Bonchev–Trinajstić information content (AvgIpc) is 1.60. The minimum absolute atomic E-state index is 0. The molecule has 2 unspecified atom stereocenters. The normalized spacial score (nSPS) is 28.6. The Balaban J connectivity index is 0.000000173. The van der Waals surface area contributed by atoms with Crippen LogP contribution in [-0.2, 0) is 143 Å². The van der Waals surface area contributed by atoms with Crippen LogP contribution < -0.4 is 39.1 Å². The number of hydrogen-bond donors (Lipinski definition) is 2. The van der Waals surface area contributed by atoms with E-state index in [1.54, 1.807) is 55.8 Å². The molecule has 3 saturated heterocycles. The van der Waals surface area contributed by atoms with E-state index in [2.05, 4.69) is 59.4 Å². The molecule has 3 radical (unpaired) electrons. The quantitative estimate of drug-likeness (QED) is 0.0651. The van der Waals surface area contributed by atoms with Crippen LogP contribution in [0.5, 0.6) is 34.9 Å². The summed E-state index contributed by atoms with van der Waals surface area (Å²) >= 11 is 0. The molecule has 2 N–H and O–H groups in total. The zero-order valence-corrected chi connectivity index (χ0v) is 91.2. The fourth-order valence-corrected chi connectivity index (χ4v) is 22.2. The molecule has 19 rings (SSSR count). The summed E-state index contributed by atoms with van der Waals surface area (Å²) in [6, 6.07) is 12.3. The molecule has 4 saturated carbocycles. The summed E-state index contributed by atoms with van der Waals surface area (Å²) < 4.78 is 55.8. The minimum Gasteiger partial charge on any atom is -0.540 e. The van der Waals surface area contributed by atoms with Crippen molar-refractivity contribution in [3.8, 4) is 34.9 Å². The number of carbonyl (C=O) groups excluding carboxylic acids is 9. The molecular formula is C110H136N17O18V3-3. The molecule has 10 aliphatic rings. The van der Waals surface area contributed by atoms with Crippen molar-refractivity contribution in [2.24, 2.45) is 69.5 Å². The van der Waals surface area contributed by atoms with Crippen molar-refractivity contribution in [3.05, 3.63) is 145 Å². The predicted octanol–water partition coefficient (Wildman–Crippen LogP) is 15.7. The van der Waals surface area contributed by atoms with Gasteiger partial charge in [0.15, 0.2) is 0 Å². The number of amides is 5. The number of nitrogens with one attached hydrogen (secondary N) is 2. The van der Waals surface area contributed by atoms with Gasteiger partial charge in [-0.15, -0.1) is 0 Å². The molecule has 3 aromatic carbocycles. The van der Waals surface area contributed by atoms with E-state index in [4.69, 9.17) is 72.5 Å². The first kappa shape index (κ1) is 113. The number of aryl methyl sites for hydroxylation is 3. The monoisotopic (exact) mass is 2140 g/mol. The topological polar surface area (TPSA) is 425 Å². The van der Waals surface area contributed by atoms with E-state index in [1.165, 1.54) is 21.1 Å². The summed E-state index contributed by atoms with van der Waals surface area (Å²) in [4.78, 5) is 179. The molecule has 6 aliphatic heterocycles. The first-order valence-electron chi connectivity index (χ1n) is 51.8. The van der Waals surface area contributed by atoms with Gasteiger partial charge in [-0.05, 0) is 204 Å². The van der Waals surface area contributed by atoms with Gasteiger partial charge in [-0.25, -0.2) is 58.4 Å². The van der Waals surface area contributed by atoms with Gasteiger partial charge in [0.25, 0.3) is 0 Å². The molecule has 12 heterocycles. The molecule has 9 aromatic rings. The van der Waals surface area contributed by atoms with E-state index in [9.17, 15) is 43.2 Å². The zero-order chi connectivity index (χ0) is 102. The third-order valence-corrected chi connectivity index (χ3v) is 31.2. The SMILES string of the molecule is C[C@@H]1[C@@H]2CN(C(=O)[C@H](C(C)(C)C)CC(=O)O[C@]3(C)C[C@H]3CCCCCc3nc4ccc(OCc5cnccn5)cc4nc3O2)[C@@H]1[C-]=O.C[C@@H]1[C@@H]2CN(C(=O)[C@H](C(C)(C)C)NC(=O)O[C@@H]3CC4CC4[C@H]3CCCCCc3nc4ccc(OCc5cnccn5)cc4nc3O2)[C@@H]1[C-]=O.C[C@@H]1[C@@H]2CN(C(=O)[C@H](C(C)(C)C)NC(=O)O[C@]3(C)CCC[C@H]3CCCCCc3nc4ccc(OCc5cnccn5)cc4nc3O2)[C@@H]1[C-]=O.[V].[V].[V]. The maximum Gasteiger partial charge on any atom is 0.408 e. The molecule has 787 valence electrons. The Morgan fingerprint density at radius 2 is 0.804 bits per heavy atom. The van der Waals surface area contributed by atoms with Crippen molar-refractivity contribution in [2.45, 2.75) is 324 Å². The Morgan fingerprint density at radius 3 is 1.20 bits per heavy atom. The van der Waals surface area contributed by atoms with Gasteiger partial charge < -0.3 is 82.3 Å². The maximum atomic E-state index is 14.2. The van der Waals surface area contributed by atoms with E-state index in [1.807, 2.05) is 152 Å². The summed E-state index contributed by atoms with van der Waals surface area (Å²) in [7, 11) is 0. The summed E-state index contributed by atoms with van der Waals surface area (Å²) in [5.41, 5.74) is 5.39. The number of ether oxygens (including phenoxy) is 9. The van der Waals surface area contributed by atoms with Gasteiger partial charge in [0.1, 0.15) is 102 Å². The smallest absolute Gasteiger partial charge is 0.408 e. The number of rotatable bonds is 12. The fraction of sp³-hybridized carbons (Fsp3) is 0.591. The molecule has 35 nitrogen and oxygen atoms in total. The second-order valence-electron chi connectivity index (χ2n) is 44.8. The van der Waals surface area contributed by atoms with Crippen molar-refractivity contribution in [2.75, 3.05) is 19.6 Å². The van der Waals surface area contributed by atoms with E-state index >= 15 is 0 Å². The third-order valence-electron chi connectivity index (χ3n) is 31.2. The van der Waals surface area contributed by atoms with Crippen molar-refractivity contribution >= 4 is 87.8 Å². The molecule has 0 spiro atoms. The number of nitrogens with zero attached hydrogens (tertiary/aromatic N) is 15. The van der Waals surface area contributed by atoms with Crippen molar-refractivity contribution in [1.82, 2.24) is 85.1 Å². The number of carbonyl (C=O) groups is 6. The third kappa shape index (κ3) is 26.7. The molecular weight excluding hydrogens is 2000 g/mol. The van der Waals surface area contributed by atoms with Crippen molar-refractivity contribution in [3.63, 3.8) is 0 Å². The van der Waals surface area contributed by atoms with E-state index in [0.717, 1.165) is 137 Å². The molecule has 4 aliphatic carbocycles. The van der Waals surface area contributed by atoms with Gasteiger partial charge in [0.2, 0.25) is 35.4 Å². The summed E-state index contributed by atoms with van der Waals surface area (Å²) in [6.07, 6.45) is 37.2. The van der Waals surface area contributed by atoms with Crippen LogP contribution in [0.2, 0.25) is 0 Å². The number of hydrogen-bond acceptors (Lipinski definition) is 30. The number of benzene rings is 3. The van der Waals surface area contributed by atoms with Gasteiger partial charge in [0.05, 0.1) is 101 Å². The summed E-state index contributed by atoms with van der Waals surface area (Å²) in [5.74, 6) is 1.92. The Hall–Kier alpha value is -11.1. The molecule has 5 amide bonds. The molecule has 6 aromatic heterocycles. The molecule has 38 heteroatoms. The fourth-order valence-electron chi connectivity index (χ4n) is 22.2. The Bertz CT molecular complexity index is 6030. The predicted molar refractivity (Wildman–Crippen MR) is 534 cm³/mol. The van der Waals surface area contributed by atoms with Gasteiger partial charge in [0, 0.05) is 117 Å². The zero-order valence-electron chi connectivity index (χ0n) is 87.0. The average molecular weight is 2140 g/mol. The van der Waals surface area contributed by atoms with Gasteiger partial charge in [-0.1, -0.05) is 140 Å². The largest absolute Gasteiger partial charge is 0.540 e. The number of esters is 1. The van der Waals surface area contributed by atoms with Gasteiger partial charge in [-0.3, -0.25) is 49.1 Å². The summed E-state index contributed by atoms with van der Waals surface area (Å²) in [5, 5.41) is 5.78. The van der Waals surface area contributed by atoms with Crippen LogP contribution in [0.3, 0.4) is 0 Å². The maximum absolute atomic E-state index is 14.2. The van der Waals surface area contributed by atoms with E-state index in [0.29, 0.717) is 117 Å². The van der Waals surface area contributed by atoms with Gasteiger partial charge in [-0.2, -0.15) is 0 Å². The summed E-state index contributed by atoms with van der Waals surface area (Å²) in [6.45, 7) is 28.0. The van der Waals surface area contributed by atoms with Crippen molar-refractivity contribution < 1.29 is 141 Å². The van der Waals surface area contributed by atoms with E-state index in [-0.39, 0.29) is 155 Å². The van der Waals surface area contributed by atoms with Crippen LogP contribution in [0.25, 0.3) is 33.1 Å². The minimum atomic E-state index is -0.930. The van der Waals surface area contributed by atoms with E-state index < -0.39 is 94.1 Å². The standard InChI is InChI=1S/C37H45N6O6.C37H47N6O6.C36H44N5O6.3V/c1-21-30(19-44)43-18-32(21)48-34-28(40-27-11-10-24(16-29(27)41-34)47-20-23-17-38-12-13-39-23)9-7-5-6-8-25-26-14-22(26)15-31(25)49-36(46)42-33(35(43)45)37(2,3)4;1-23-30(21-44)43-20-31(23)48-33-28(40-27-14-13-26(18-29(27)41-33)47-22-25-19-38-16-17-39-25)12-8-6-7-10-24-11-9-15-37(24,5)49-35(46)42-32(34(43)45)36(2,3)4;1-22-30(20-42)41-19-31(22)46-33-28(39-27-12-11-25(15-29(27)40-33)45-21-24-18-37-13-14-38-24)10-8-6-7-9-23-17-36(23,5)47-32(43)16-26(34(41)44)35(2,3)4;;;/h10-13,16-17,21-22,25-26,30-33H,5-9,14-15,18,20H2,1-4H3,(H,42,46);13-14,16-19,23-24,30-32H,6-12,15,20,22H2,1-5H3,(H,42,46);11-15,18,22-23,26,30-31H,6-10,16-17,19,21H2,1-5H3;;;/q3*-1;;;/t21-,22?,25+,26?,30+,31+,32-,33+;23-,24+,30+,31-,32+,37+;22-,23+,26+,30+,31-,36+;;;/m000.../s1. The second kappa shape index (κ2) is 48.5. The number of fused-ring (bicyclic) bond motifs is 17. The van der Waals surface area contributed by atoms with Crippen LogP contribution in [0, 0.1) is 69.5 Å². The first-order chi connectivity index (χ1) is 69.5. The molecule has 6 bridgehead atoms. The Labute approximate surface area is 900 Å². The van der Waals surface area contributed by atoms with Crippen LogP contribution in [0.15, 0.2) is 110 Å². The Morgan fingerprint density at radius 1 is 0.412 bits per heavy atom. The van der Waals surface area contributed by atoms with Crippen LogP contribution in [-0.4, -0.2) is 215 Å². The van der Waals surface area contributed by atoms with Crippen LogP contribution >= 0.6 is 0 Å². The number of alkyl carbamates (subject to hydrolysis) is 2. The first-order valence-corrected chi connectivity index (χ1v) is 51.8.